The Morgan fingerprint density at radius 3 is 1.81 bits per heavy atom. The van der Waals surface area contributed by atoms with Crippen molar-refractivity contribution < 1.29 is 9.84 Å². The number of ether oxygens (including phenoxy) is 1. The van der Waals surface area contributed by atoms with Crippen molar-refractivity contribution in [2.24, 2.45) is 17.8 Å². The van der Waals surface area contributed by atoms with Gasteiger partial charge >= 0.3 is 0 Å². The van der Waals surface area contributed by atoms with E-state index < -0.39 is 6.29 Å². The average molecular weight is 364 g/mol. The molecule has 0 radical (unpaired) electrons. The van der Waals surface area contributed by atoms with Crippen LogP contribution in [0.1, 0.15) is 65.2 Å². The van der Waals surface area contributed by atoms with E-state index in [1.165, 1.54) is 51.4 Å². The summed E-state index contributed by atoms with van der Waals surface area (Å²) in [6.07, 6.45) is 15.1. The molecule has 3 nitrogen and oxygen atoms in total. The summed E-state index contributed by atoms with van der Waals surface area (Å²) in [5.41, 5.74) is 0. The Morgan fingerprint density at radius 1 is 0.962 bits per heavy atom. The second-order valence-electron chi connectivity index (χ2n) is 7.68. The van der Waals surface area contributed by atoms with Crippen LogP contribution in [0.2, 0.25) is 0 Å². The first-order valence-electron chi connectivity index (χ1n) is 10.4. The Bertz CT molecular complexity index is 398. The molecule has 26 heavy (non-hydrogen) atoms. The van der Waals surface area contributed by atoms with Crippen molar-refractivity contribution in [3.05, 3.63) is 38.2 Å². The Kier molecular flexibility index (Phi) is 10.9. The van der Waals surface area contributed by atoms with Crippen LogP contribution in [-0.2, 0) is 4.74 Å². The van der Waals surface area contributed by atoms with Crippen LogP contribution in [0.25, 0.3) is 0 Å². The summed E-state index contributed by atoms with van der Waals surface area (Å²) in [4.78, 5) is 2.67. The smallest absolute Gasteiger partial charge is 0.199 e. The second-order valence-corrected chi connectivity index (χ2v) is 7.68. The molecule has 2 aliphatic carbocycles. The second kappa shape index (κ2) is 12.3. The molecule has 150 valence electrons. The number of fused-ring (bicyclic) bond motifs is 2. The van der Waals surface area contributed by atoms with Crippen molar-refractivity contribution in [3.63, 3.8) is 0 Å². The Morgan fingerprint density at radius 2 is 1.38 bits per heavy atom. The van der Waals surface area contributed by atoms with E-state index in [0.29, 0.717) is 29.8 Å². The van der Waals surface area contributed by atoms with Crippen molar-refractivity contribution in [2.45, 2.75) is 83.6 Å². The van der Waals surface area contributed by atoms with Crippen LogP contribution in [0.4, 0.5) is 0 Å². The van der Waals surface area contributed by atoms with Crippen LogP contribution in [-0.4, -0.2) is 35.4 Å². The monoisotopic (exact) mass is 363 g/mol. The maximum Gasteiger partial charge on any atom is 0.199 e. The third kappa shape index (κ3) is 5.47. The quantitative estimate of drug-likeness (QED) is 0.406. The van der Waals surface area contributed by atoms with Crippen LogP contribution in [0.5, 0.6) is 0 Å². The molecule has 3 fully saturated rings. The van der Waals surface area contributed by atoms with Crippen molar-refractivity contribution in [1.82, 2.24) is 4.90 Å². The molecule has 3 heteroatoms. The lowest BCUT2D eigenvalue weighted by Gasteiger charge is -2.57. The molecule has 3 rings (SSSR count). The Hall–Kier alpha value is -1.06. The van der Waals surface area contributed by atoms with Crippen LogP contribution < -0.4 is 0 Å². The molecule has 3 aliphatic rings. The normalized spacial score (nSPS) is 34.8. The first-order chi connectivity index (χ1) is 12.7. The minimum absolute atomic E-state index is 0.327. The van der Waals surface area contributed by atoms with Gasteiger partial charge in [0.1, 0.15) is 0 Å². The highest BCUT2D eigenvalue weighted by molar-refractivity contribution is 5.01. The first-order valence-corrected chi connectivity index (χ1v) is 10.4. The van der Waals surface area contributed by atoms with E-state index >= 15 is 0 Å². The maximum absolute atomic E-state index is 10.7. The summed E-state index contributed by atoms with van der Waals surface area (Å²) in [5, 5.41) is 10.7. The minimum Gasteiger partial charge on any atom is -0.473 e. The predicted octanol–water partition coefficient (Wildman–Crippen LogP) is 5.53. The molecule has 0 spiro atoms. The molecule has 1 saturated heterocycles. The number of nitrogens with zero attached hydrogens (tertiary/aromatic N) is 1. The predicted molar refractivity (Wildman–Crippen MR) is 112 cm³/mol. The average Bonchev–Trinajstić information content (AvgIpc) is 2.69. The van der Waals surface area contributed by atoms with Gasteiger partial charge in [0.2, 0.25) is 0 Å². The van der Waals surface area contributed by atoms with E-state index in [-0.39, 0.29) is 0 Å². The topological polar surface area (TPSA) is 32.7 Å². The van der Waals surface area contributed by atoms with Crippen LogP contribution >= 0.6 is 0 Å². The molecule has 0 amide bonds. The van der Waals surface area contributed by atoms with E-state index in [4.69, 9.17) is 4.74 Å². The van der Waals surface area contributed by atoms with E-state index in [1.807, 2.05) is 19.9 Å². The van der Waals surface area contributed by atoms with Gasteiger partial charge in [-0.3, -0.25) is 4.90 Å². The maximum atomic E-state index is 10.7. The summed E-state index contributed by atoms with van der Waals surface area (Å²) in [6, 6.07) is 1.32. The molecule has 0 bridgehead atoms. The molecule has 1 heterocycles. The van der Waals surface area contributed by atoms with Gasteiger partial charge < -0.3 is 9.84 Å². The lowest BCUT2D eigenvalue weighted by atomic mass is 9.61. The van der Waals surface area contributed by atoms with Gasteiger partial charge in [-0.2, -0.15) is 0 Å². The van der Waals surface area contributed by atoms with Crippen LogP contribution in [0.15, 0.2) is 38.2 Å². The van der Waals surface area contributed by atoms with Gasteiger partial charge in [-0.05, 0) is 58.4 Å². The number of hydrogen-bond acceptors (Lipinski definition) is 3. The fraction of sp³-hybridized carbons (Fsp3) is 0.739. The number of aliphatic hydroxyl groups is 1. The number of likely N-dealkylation sites (tertiary alicyclic amines) is 1. The van der Waals surface area contributed by atoms with Gasteiger partial charge in [-0.25, -0.2) is 0 Å². The Labute approximate surface area is 161 Å². The lowest BCUT2D eigenvalue weighted by Crippen LogP contribution is -2.61. The molecule has 5 unspecified atom stereocenters. The van der Waals surface area contributed by atoms with Crippen molar-refractivity contribution in [1.29, 1.82) is 0 Å². The van der Waals surface area contributed by atoms with E-state index in [0.717, 1.165) is 0 Å². The third-order valence-electron chi connectivity index (χ3n) is 6.28. The third-order valence-corrected chi connectivity index (χ3v) is 6.28. The highest BCUT2D eigenvalue weighted by atomic mass is 16.6. The highest BCUT2D eigenvalue weighted by Crippen LogP contribution is 2.49. The summed E-state index contributed by atoms with van der Waals surface area (Å²) in [7, 11) is 2.33. The molecule has 0 aromatic heterocycles. The number of aliphatic hydroxyl groups excluding tert-OH is 1. The van der Waals surface area contributed by atoms with E-state index in [9.17, 15) is 5.11 Å². The SMILES string of the molecule is C/C=C\OC(O)C1C2CCCCC2N(C)C2CCCCC12.C=C.C=CC. The zero-order valence-corrected chi connectivity index (χ0v) is 17.3. The number of piperidine rings is 1. The van der Waals surface area contributed by atoms with E-state index in [2.05, 4.69) is 31.7 Å². The van der Waals surface area contributed by atoms with Gasteiger partial charge in [0.05, 0.1) is 6.26 Å². The van der Waals surface area contributed by atoms with Crippen molar-refractivity contribution >= 4 is 0 Å². The molecular weight excluding hydrogens is 322 g/mol. The lowest BCUT2D eigenvalue weighted by molar-refractivity contribution is -0.179. The van der Waals surface area contributed by atoms with Gasteiger partial charge in [-0.1, -0.05) is 37.8 Å². The van der Waals surface area contributed by atoms with Gasteiger partial charge in [0, 0.05) is 18.0 Å². The Balaban J connectivity index is 0.000000615. The first kappa shape index (κ1) is 23.0. The van der Waals surface area contributed by atoms with Gasteiger partial charge in [-0.15, -0.1) is 19.7 Å². The molecule has 2 saturated carbocycles. The summed E-state index contributed by atoms with van der Waals surface area (Å²) >= 11 is 0. The van der Waals surface area contributed by atoms with Gasteiger partial charge in [0.15, 0.2) is 6.29 Å². The molecule has 0 aromatic rings. The van der Waals surface area contributed by atoms with Crippen molar-refractivity contribution in [3.8, 4) is 0 Å². The fourth-order valence-corrected chi connectivity index (χ4v) is 5.43. The standard InChI is InChI=1S/C18H31NO2.C3H6.C2H4/c1-3-12-21-18(20)17-13-8-4-6-10-15(13)19(2)16-11-7-5-9-14(16)17;1-3-2;1-2/h3,12-18,20H,4-11H2,1-2H3;3H,1H2,2H3;1-2H2/b12-3-;;. The van der Waals surface area contributed by atoms with Crippen molar-refractivity contribution in [2.75, 3.05) is 7.05 Å². The van der Waals surface area contributed by atoms with E-state index in [1.54, 1.807) is 12.3 Å². The molecule has 1 N–H and O–H groups in total. The zero-order valence-electron chi connectivity index (χ0n) is 17.3. The summed E-state index contributed by atoms with van der Waals surface area (Å²) in [5.74, 6) is 1.56. The molecular formula is C23H41NO2. The summed E-state index contributed by atoms with van der Waals surface area (Å²) in [6.45, 7) is 13.2. The largest absolute Gasteiger partial charge is 0.473 e. The zero-order chi connectivity index (χ0) is 19.5. The molecule has 5 atom stereocenters. The molecule has 1 aliphatic heterocycles. The highest BCUT2D eigenvalue weighted by Gasteiger charge is 2.51. The number of rotatable bonds is 3. The number of hydrogen-bond donors (Lipinski definition) is 1. The van der Waals surface area contributed by atoms with Gasteiger partial charge in [0.25, 0.3) is 0 Å². The number of allylic oxidation sites excluding steroid dienone is 2. The minimum atomic E-state index is -0.619. The summed E-state index contributed by atoms with van der Waals surface area (Å²) < 4.78 is 5.62. The fourth-order valence-electron chi connectivity index (χ4n) is 5.43. The molecule has 0 aromatic carbocycles. The van der Waals surface area contributed by atoms with Crippen LogP contribution in [0.3, 0.4) is 0 Å². The van der Waals surface area contributed by atoms with Crippen LogP contribution in [0, 0.1) is 17.8 Å².